The topological polar surface area (TPSA) is 49.3 Å². The molecule has 0 atom stereocenters. The minimum atomic E-state index is -0.491. The zero-order chi connectivity index (χ0) is 9.68. The van der Waals surface area contributed by atoms with Gasteiger partial charge < -0.3 is 10.4 Å². The summed E-state index contributed by atoms with van der Waals surface area (Å²) in [4.78, 5) is 10.8. The van der Waals surface area contributed by atoms with Gasteiger partial charge in [0, 0.05) is 5.69 Å². The van der Waals surface area contributed by atoms with E-state index in [2.05, 4.69) is 5.32 Å². The number of hydrogen-bond acceptors (Lipinski definition) is 2. The molecule has 0 bridgehead atoms. The predicted octanol–water partition coefficient (Wildman–Crippen LogP) is 0.751. The lowest BCUT2D eigenvalue weighted by molar-refractivity contribution is -0.111. The van der Waals surface area contributed by atoms with Crippen LogP contribution in [0.3, 0.4) is 0 Å². The summed E-state index contributed by atoms with van der Waals surface area (Å²) >= 11 is 0. The molecule has 0 radical (unpaired) electrons. The van der Waals surface area contributed by atoms with Crippen LogP contribution >= 0.6 is 0 Å². The maximum absolute atomic E-state index is 10.8. The largest absolute Gasteiger partial charge is 0.392 e. The van der Waals surface area contributed by atoms with Crippen molar-refractivity contribution in [3.05, 3.63) is 29.8 Å². The molecular weight excluding hydrogens is 166 g/mol. The van der Waals surface area contributed by atoms with Crippen molar-refractivity contribution in [2.45, 2.75) is 6.61 Å². The summed E-state index contributed by atoms with van der Waals surface area (Å²) in [6.07, 6.45) is 4.88. The third-order valence-electron chi connectivity index (χ3n) is 1.50. The predicted molar refractivity (Wildman–Crippen MR) is 49.8 cm³/mol. The molecule has 1 aromatic rings. The van der Waals surface area contributed by atoms with Gasteiger partial charge in [0.25, 0.3) is 5.91 Å². The van der Waals surface area contributed by atoms with Gasteiger partial charge in [0.05, 0.1) is 6.61 Å². The van der Waals surface area contributed by atoms with E-state index < -0.39 is 5.91 Å². The van der Waals surface area contributed by atoms with E-state index >= 15 is 0 Å². The summed E-state index contributed by atoms with van der Waals surface area (Å²) in [6, 6.07) is 6.85. The minimum Gasteiger partial charge on any atom is -0.392 e. The lowest BCUT2D eigenvalue weighted by Gasteiger charge is -2.02. The smallest absolute Gasteiger partial charge is 0.300 e. The first kappa shape index (κ1) is 9.30. The van der Waals surface area contributed by atoms with E-state index in [4.69, 9.17) is 11.5 Å². The van der Waals surface area contributed by atoms with Crippen molar-refractivity contribution in [1.82, 2.24) is 0 Å². The molecule has 0 aliphatic heterocycles. The highest BCUT2D eigenvalue weighted by Gasteiger charge is 1.97. The van der Waals surface area contributed by atoms with Crippen LogP contribution in [0, 0.1) is 12.3 Å². The van der Waals surface area contributed by atoms with Crippen LogP contribution in [0.5, 0.6) is 0 Å². The van der Waals surface area contributed by atoms with Crippen molar-refractivity contribution in [3.63, 3.8) is 0 Å². The molecule has 0 saturated carbocycles. The second-order valence-corrected chi connectivity index (χ2v) is 2.46. The van der Waals surface area contributed by atoms with E-state index in [9.17, 15) is 4.79 Å². The van der Waals surface area contributed by atoms with Crippen LogP contribution in [-0.2, 0) is 11.4 Å². The Morgan fingerprint density at radius 2 is 2.38 bits per heavy atom. The van der Waals surface area contributed by atoms with Crippen LogP contribution in [0.1, 0.15) is 5.56 Å². The number of anilines is 1. The summed E-state index contributed by atoms with van der Waals surface area (Å²) in [7, 11) is 0. The molecule has 3 heteroatoms. The molecule has 0 aliphatic rings. The van der Waals surface area contributed by atoms with Gasteiger partial charge in [0.15, 0.2) is 0 Å². The molecule has 0 fully saturated rings. The highest BCUT2D eigenvalue weighted by molar-refractivity contribution is 6.03. The molecule has 0 unspecified atom stereocenters. The lowest BCUT2D eigenvalue weighted by atomic mass is 10.2. The SMILES string of the molecule is C#CC(=O)Nc1cccc(CO)c1. The Labute approximate surface area is 76.4 Å². The maximum atomic E-state index is 10.8. The Balaban J connectivity index is 2.79. The highest BCUT2D eigenvalue weighted by Crippen LogP contribution is 2.09. The second-order valence-electron chi connectivity index (χ2n) is 2.46. The number of terminal acetylenes is 1. The van der Waals surface area contributed by atoms with Crippen molar-refractivity contribution in [3.8, 4) is 12.3 Å². The number of hydrogen-bond donors (Lipinski definition) is 2. The van der Waals surface area contributed by atoms with Crippen molar-refractivity contribution in [2.75, 3.05) is 5.32 Å². The molecule has 0 aliphatic carbocycles. The van der Waals surface area contributed by atoms with Crippen molar-refractivity contribution in [2.24, 2.45) is 0 Å². The number of benzene rings is 1. The zero-order valence-electron chi connectivity index (χ0n) is 6.95. The van der Waals surface area contributed by atoms with E-state index in [-0.39, 0.29) is 6.61 Å². The molecule has 2 N–H and O–H groups in total. The van der Waals surface area contributed by atoms with Gasteiger partial charge in [-0.25, -0.2) is 0 Å². The third kappa shape index (κ3) is 2.62. The van der Waals surface area contributed by atoms with E-state index in [0.29, 0.717) is 5.69 Å². The maximum Gasteiger partial charge on any atom is 0.300 e. The average molecular weight is 175 g/mol. The van der Waals surface area contributed by atoms with Gasteiger partial charge in [-0.1, -0.05) is 12.1 Å². The fourth-order valence-corrected chi connectivity index (χ4v) is 0.915. The van der Waals surface area contributed by atoms with Gasteiger partial charge in [-0.05, 0) is 23.6 Å². The Morgan fingerprint density at radius 1 is 1.62 bits per heavy atom. The number of nitrogens with one attached hydrogen (secondary N) is 1. The molecule has 0 saturated heterocycles. The first-order valence-corrected chi connectivity index (χ1v) is 3.73. The molecule has 0 aromatic heterocycles. The van der Waals surface area contributed by atoms with Crippen molar-refractivity contribution in [1.29, 1.82) is 0 Å². The molecule has 0 spiro atoms. The Kier molecular flexibility index (Phi) is 3.07. The molecule has 1 amide bonds. The van der Waals surface area contributed by atoms with Crippen LogP contribution in [-0.4, -0.2) is 11.0 Å². The standard InChI is InChI=1S/C10H9NO2/c1-2-10(13)11-9-5-3-4-8(6-9)7-12/h1,3-6,12H,7H2,(H,11,13). The summed E-state index contributed by atoms with van der Waals surface area (Å²) in [5.41, 5.74) is 1.32. The fourth-order valence-electron chi connectivity index (χ4n) is 0.915. The van der Waals surface area contributed by atoms with E-state index in [0.717, 1.165) is 5.56 Å². The van der Waals surface area contributed by atoms with Crippen molar-refractivity contribution >= 4 is 11.6 Å². The van der Waals surface area contributed by atoms with E-state index in [1.165, 1.54) is 0 Å². The first-order chi connectivity index (χ1) is 6.26. The van der Waals surface area contributed by atoms with Gasteiger partial charge >= 0.3 is 0 Å². The normalized spacial score (nSPS) is 8.92. The Morgan fingerprint density at radius 3 is 3.00 bits per heavy atom. The summed E-state index contributed by atoms with van der Waals surface area (Å²) in [5, 5.41) is 11.3. The quantitative estimate of drug-likeness (QED) is 0.651. The summed E-state index contributed by atoms with van der Waals surface area (Å²) in [6.45, 7) is -0.0558. The van der Waals surface area contributed by atoms with Gasteiger partial charge in [-0.15, -0.1) is 6.42 Å². The number of carbonyl (C=O) groups is 1. The van der Waals surface area contributed by atoms with Crippen LogP contribution in [0.2, 0.25) is 0 Å². The zero-order valence-corrected chi connectivity index (χ0v) is 6.95. The van der Waals surface area contributed by atoms with Crippen molar-refractivity contribution < 1.29 is 9.90 Å². The van der Waals surface area contributed by atoms with Crippen LogP contribution in [0.4, 0.5) is 5.69 Å². The highest BCUT2D eigenvalue weighted by atomic mass is 16.3. The van der Waals surface area contributed by atoms with Crippen LogP contribution in [0.25, 0.3) is 0 Å². The molecule has 0 heterocycles. The molecule has 66 valence electrons. The number of carbonyl (C=O) groups excluding carboxylic acids is 1. The lowest BCUT2D eigenvalue weighted by Crippen LogP contribution is -2.07. The number of aliphatic hydroxyl groups is 1. The molecular formula is C10H9NO2. The third-order valence-corrected chi connectivity index (χ3v) is 1.50. The summed E-state index contributed by atoms with van der Waals surface area (Å²) < 4.78 is 0. The monoisotopic (exact) mass is 175 g/mol. The second kappa shape index (κ2) is 4.29. The molecule has 3 nitrogen and oxygen atoms in total. The molecule has 13 heavy (non-hydrogen) atoms. The van der Waals surface area contributed by atoms with Gasteiger partial charge in [0.1, 0.15) is 0 Å². The Hall–Kier alpha value is -1.79. The average Bonchev–Trinajstić information content (AvgIpc) is 2.18. The molecule has 1 aromatic carbocycles. The molecule has 1 rings (SSSR count). The summed E-state index contributed by atoms with van der Waals surface area (Å²) in [5.74, 6) is 1.45. The first-order valence-electron chi connectivity index (χ1n) is 3.73. The van der Waals surface area contributed by atoms with E-state index in [1.807, 2.05) is 5.92 Å². The van der Waals surface area contributed by atoms with Gasteiger partial charge in [-0.2, -0.15) is 0 Å². The number of rotatable bonds is 2. The Bertz CT molecular complexity index is 352. The van der Waals surface area contributed by atoms with Gasteiger partial charge in [0.2, 0.25) is 0 Å². The van der Waals surface area contributed by atoms with Crippen LogP contribution in [0.15, 0.2) is 24.3 Å². The van der Waals surface area contributed by atoms with Crippen LogP contribution < -0.4 is 5.32 Å². The fraction of sp³-hybridized carbons (Fsp3) is 0.100. The van der Waals surface area contributed by atoms with E-state index in [1.54, 1.807) is 24.3 Å². The number of amides is 1. The van der Waals surface area contributed by atoms with Gasteiger partial charge in [-0.3, -0.25) is 4.79 Å². The number of aliphatic hydroxyl groups excluding tert-OH is 1. The minimum absolute atomic E-state index is 0.0558.